The lowest BCUT2D eigenvalue weighted by Gasteiger charge is -2.30. The molecule has 3 heterocycles. The van der Waals surface area contributed by atoms with Gasteiger partial charge in [0.25, 0.3) is 0 Å². The number of aryl methyl sites for hydroxylation is 1. The van der Waals surface area contributed by atoms with Gasteiger partial charge in [-0.15, -0.1) is 0 Å². The van der Waals surface area contributed by atoms with Crippen LogP contribution < -0.4 is 10.2 Å². The predicted molar refractivity (Wildman–Crippen MR) is 122 cm³/mol. The van der Waals surface area contributed by atoms with Crippen molar-refractivity contribution < 1.29 is 9.50 Å². The molecular formula is C24H25FN6O. The van der Waals surface area contributed by atoms with Gasteiger partial charge in [0.2, 0.25) is 0 Å². The molecule has 2 aromatic heterocycles. The van der Waals surface area contributed by atoms with Crippen molar-refractivity contribution in [3.63, 3.8) is 0 Å². The molecule has 1 atom stereocenters. The number of phenolic OH excluding ortho intramolecular Hbond substituents is 1. The van der Waals surface area contributed by atoms with Crippen molar-refractivity contribution in [1.29, 1.82) is 0 Å². The summed E-state index contributed by atoms with van der Waals surface area (Å²) in [4.78, 5) is 11.6. The van der Waals surface area contributed by atoms with Gasteiger partial charge in [-0.25, -0.2) is 9.37 Å². The molecule has 2 aliphatic rings. The number of hydrogen-bond acceptors (Lipinski definition) is 6. The Kier molecular flexibility index (Phi) is 4.50. The minimum atomic E-state index is -0.741. The molecule has 0 bridgehead atoms. The number of nitrogens with zero attached hydrogens (tertiary/aromatic N) is 5. The number of aromatic hydroxyl groups is 1. The highest BCUT2D eigenvalue weighted by molar-refractivity contribution is 5.89. The van der Waals surface area contributed by atoms with E-state index in [1.165, 1.54) is 23.9 Å². The van der Waals surface area contributed by atoms with E-state index in [1.807, 2.05) is 6.07 Å². The Balaban J connectivity index is 1.29. The van der Waals surface area contributed by atoms with Gasteiger partial charge in [0.05, 0.1) is 22.9 Å². The second-order valence-electron chi connectivity index (χ2n) is 8.98. The average Bonchev–Trinajstić information content (AvgIpc) is 3.39. The van der Waals surface area contributed by atoms with Crippen molar-refractivity contribution in [2.45, 2.75) is 37.8 Å². The fraction of sp³-hybridized carbons (Fsp3) is 0.375. The van der Waals surface area contributed by atoms with Crippen LogP contribution in [0, 0.1) is 5.82 Å². The van der Waals surface area contributed by atoms with Crippen molar-refractivity contribution in [2.24, 2.45) is 7.05 Å². The summed E-state index contributed by atoms with van der Waals surface area (Å²) in [6.45, 7) is 2.03. The lowest BCUT2D eigenvalue weighted by molar-refractivity contribution is 0.311. The van der Waals surface area contributed by atoms with E-state index in [4.69, 9.17) is 0 Å². The molecule has 2 N–H and O–H groups in total. The zero-order chi connectivity index (χ0) is 21.8. The van der Waals surface area contributed by atoms with Crippen LogP contribution in [0.3, 0.4) is 0 Å². The van der Waals surface area contributed by atoms with Crippen LogP contribution in [0.2, 0.25) is 0 Å². The third kappa shape index (κ3) is 3.26. The number of benzene rings is 2. The fourth-order valence-electron chi connectivity index (χ4n) is 4.80. The van der Waals surface area contributed by atoms with Crippen LogP contribution in [-0.4, -0.2) is 50.0 Å². The molecule has 2 fully saturated rings. The SMILES string of the molecule is Cn1cc2cc(-c3cnc4cc(N5CCC(NC6CCC6)C5)ccc4n3)c(O)c(F)c2n1. The van der Waals surface area contributed by atoms with Crippen LogP contribution in [0.25, 0.3) is 33.2 Å². The summed E-state index contributed by atoms with van der Waals surface area (Å²) in [7, 11) is 1.72. The molecule has 2 aromatic carbocycles. The van der Waals surface area contributed by atoms with Gasteiger partial charge in [-0.2, -0.15) is 5.10 Å². The number of hydrogen-bond donors (Lipinski definition) is 2. The first-order valence-corrected chi connectivity index (χ1v) is 11.2. The number of anilines is 1. The maximum Gasteiger partial charge on any atom is 0.193 e. The highest BCUT2D eigenvalue weighted by Crippen LogP contribution is 2.36. The molecule has 164 valence electrons. The Labute approximate surface area is 184 Å². The summed E-state index contributed by atoms with van der Waals surface area (Å²) in [5, 5.41) is 18.9. The number of fused-ring (bicyclic) bond motifs is 2. The Morgan fingerprint density at radius 3 is 2.81 bits per heavy atom. The Hall–Kier alpha value is -3.26. The third-order valence-electron chi connectivity index (χ3n) is 6.76. The first-order chi connectivity index (χ1) is 15.5. The molecular weight excluding hydrogens is 407 g/mol. The number of rotatable bonds is 4. The lowest BCUT2D eigenvalue weighted by Crippen LogP contribution is -2.43. The Morgan fingerprint density at radius 2 is 2.00 bits per heavy atom. The van der Waals surface area contributed by atoms with E-state index in [0.29, 0.717) is 34.2 Å². The molecule has 0 spiro atoms. The van der Waals surface area contributed by atoms with Gasteiger partial charge < -0.3 is 15.3 Å². The normalized spacial score (nSPS) is 19.2. The van der Waals surface area contributed by atoms with E-state index >= 15 is 0 Å². The van der Waals surface area contributed by atoms with Crippen LogP contribution in [0.15, 0.2) is 36.7 Å². The van der Waals surface area contributed by atoms with Gasteiger partial charge in [0.15, 0.2) is 11.6 Å². The molecule has 32 heavy (non-hydrogen) atoms. The molecule has 0 amide bonds. The van der Waals surface area contributed by atoms with Gasteiger partial charge in [-0.1, -0.05) is 6.42 Å². The topological polar surface area (TPSA) is 79.1 Å². The third-order valence-corrected chi connectivity index (χ3v) is 6.76. The van der Waals surface area contributed by atoms with Crippen molar-refractivity contribution in [2.75, 3.05) is 18.0 Å². The molecule has 0 radical (unpaired) electrons. The Morgan fingerprint density at radius 1 is 1.12 bits per heavy atom. The highest BCUT2D eigenvalue weighted by Gasteiger charge is 2.27. The average molecular weight is 433 g/mol. The summed E-state index contributed by atoms with van der Waals surface area (Å²) in [5.41, 5.74) is 3.51. The van der Waals surface area contributed by atoms with Crippen LogP contribution in [0.4, 0.5) is 10.1 Å². The second-order valence-corrected chi connectivity index (χ2v) is 8.98. The minimum Gasteiger partial charge on any atom is -0.504 e. The van der Waals surface area contributed by atoms with E-state index in [1.54, 1.807) is 25.5 Å². The predicted octanol–water partition coefficient (Wildman–Crippen LogP) is 3.75. The summed E-state index contributed by atoms with van der Waals surface area (Å²) >= 11 is 0. The van der Waals surface area contributed by atoms with Crippen molar-refractivity contribution >= 4 is 27.6 Å². The zero-order valence-corrected chi connectivity index (χ0v) is 17.9. The summed E-state index contributed by atoms with van der Waals surface area (Å²) in [6, 6.07) is 9.02. The van der Waals surface area contributed by atoms with Gasteiger partial charge in [-0.3, -0.25) is 9.67 Å². The first-order valence-electron chi connectivity index (χ1n) is 11.2. The van der Waals surface area contributed by atoms with Gasteiger partial charge in [0, 0.05) is 55.1 Å². The monoisotopic (exact) mass is 432 g/mol. The van der Waals surface area contributed by atoms with Gasteiger partial charge >= 0.3 is 0 Å². The number of halogens is 1. The van der Waals surface area contributed by atoms with E-state index < -0.39 is 11.6 Å². The zero-order valence-electron chi connectivity index (χ0n) is 17.9. The molecule has 1 saturated carbocycles. The molecule has 7 nitrogen and oxygen atoms in total. The van der Waals surface area contributed by atoms with Crippen molar-refractivity contribution in [3.8, 4) is 17.0 Å². The maximum atomic E-state index is 14.6. The van der Waals surface area contributed by atoms with Crippen LogP contribution >= 0.6 is 0 Å². The quantitative estimate of drug-likeness (QED) is 0.511. The van der Waals surface area contributed by atoms with Crippen LogP contribution in [0.5, 0.6) is 5.75 Å². The number of aromatic nitrogens is 4. The van der Waals surface area contributed by atoms with E-state index in [9.17, 15) is 9.50 Å². The standard InChI is InChI=1S/C24H25FN6O/c1-30-12-14-9-18(24(32)22(25)23(14)29-30)21-11-26-20-10-17(5-6-19(20)28-21)31-8-7-16(13-31)27-15-3-2-4-15/h5-6,9-12,15-16,27,32H,2-4,7-8,13H2,1H3. The van der Waals surface area contributed by atoms with Crippen LogP contribution in [-0.2, 0) is 7.05 Å². The Bertz CT molecular complexity index is 1330. The fourth-order valence-corrected chi connectivity index (χ4v) is 4.80. The maximum absolute atomic E-state index is 14.6. The lowest BCUT2D eigenvalue weighted by atomic mass is 9.92. The minimum absolute atomic E-state index is 0.142. The first kappa shape index (κ1) is 19.4. The number of phenols is 1. The highest BCUT2D eigenvalue weighted by atomic mass is 19.1. The molecule has 4 aromatic rings. The van der Waals surface area contributed by atoms with Crippen LogP contribution in [0.1, 0.15) is 25.7 Å². The summed E-state index contributed by atoms with van der Waals surface area (Å²) in [5.74, 6) is -1.20. The van der Waals surface area contributed by atoms with Gasteiger partial charge in [0.1, 0.15) is 5.52 Å². The summed E-state index contributed by atoms with van der Waals surface area (Å²) < 4.78 is 16.2. The molecule has 1 aliphatic carbocycles. The van der Waals surface area contributed by atoms with E-state index in [2.05, 4.69) is 37.4 Å². The summed E-state index contributed by atoms with van der Waals surface area (Å²) in [6.07, 6.45) is 8.41. The molecule has 1 aliphatic heterocycles. The van der Waals surface area contributed by atoms with Gasteiger partial charge in [-0.05, 0) is 43.5 Å². The van der Waals surface area contributed by atoms with Crippen molar-refractivity contribution in [3.05, 3.63) is 42.5 Å². The van der Waals surface area contributed by atoms with E-state index in [0.717, 1.165) is 30.7 Å². The molecule has 1 unspecified atom stereocenters. The number of nitrogens with one attached hydrogen (secondary N) is 1. The van der Waals surface area contributed by atoms with Crippen molar-refractivity contribution in [1.82, 2.24) is 25.1 Å². The second kappa shape index (κ2) is 7.41. The smallest absolute Gasteiger partial charge is 0.193 e. The molecule has 8 heteroatoms. The molecule has 6 rings (SSSR count). The molecule has 1 saturated heterocycles. The van der Waals surface area contributed by atoms with E-state index in [-0.39, 0.29) is 5.52 Å². The largest absolute Gasteiger partial charge is 0.504 e.